The van der Waals surface area contributed by atoms with Gasteiger partial charge in [-0.25, -0.2) is 14.1 Å². The number of urea groups is 1. The topological polar surface area (TPSA) is 84.7 Å². The Hall–Kier alpha value is -4.13. The molecule has 0 aliphatic carbocycles. The fraction of sp³-hybridized carbons (Fsp3) is 0.125. The molecular weight excluding hydrogens is 392 g/mol. The van der Waals surface area contributed by atoms with Gasteiger partial charge in [0.1, 0.15) is 5.56 Å². The minimum absolute atomic E-state index is 0.275. The van der Waals surface area contributed by atoms with Gasteiger partial charge in [-0.1, -0.05) is 60.7 Å². The summed E-state index contributed by atoms with van der Waals surface area (Å²) < 4.78 is 6.64. The van der Waals surface area contributed by atoms with Crippen LogP contribution < -0.4 is 10.6 Å². The van der Waals surface area contributed by atoms with Crippen molar-refractivity contribution in [2.45, 2.75) is 13.0 Å². The van der Waals surface area contributed by atoms with E-state index in [1.165, 1.54) is 6.20 Å². The highest BCUT2D eigenvalue weighted by Gasteiger charge is 2.18. The molecular formula is C24H22N4O3. The zero-order valence-corrected chi connectivity index (χ0v) is 17.0. The highest BCUT2D eigenvalue weighted by Crippen LogP contribution is 2.22. The van der Waals surface area contributed by atoms with Gasteiger partial charge in [-0.3, -0.25) is 0 Å². The summed E-state index contributed by atoms with van der Waals surface area (Å²) >= 11 is 0. The molecule has 0 aliphatic rings. The fourth-order valence-corrected chi connectivity index (χ4v) is 3.37. The molecule has 0 atom stereocenters. The predicted octanol–water partition coefficient (Wildman–Crippen LogP) is 4.42. The van der Waals surface area contributed by atoms with Crippen LogP contribution in [0, 0.1) is 0 Å². The Kier molecular flexibility index (Phi) is 5.93. The third-order valence-electron chi connectivity index (χ3n) is 4.82. The van der Waals surface area contributed by atoms with Crippen LogP contribution in [0.1, 0.15) is 34.5 Å². The second-order valence-corrected chi connectivity index (χ2v) is 6.88. The van der Waals surface area contributed by atoms with E-state index < -0.39 is 5.97 Å². The van der Waals surface area contributed by atoms with Crippen molar-refractivity contribution in [2.24, 2.45) is 0 Å². The molecule has 2 aromatic carbocycles. The van der Waals surface area contributed by atoms with Crippen LogP contribution >= 0.6 is 0 Å². The Balaban J connectivity index is 1.56. The summed E-state index contributed by atoms with van der Waals surface area (Å²) in [6.45, 7) is 2.02. The predicted molar refractivity (Wildman–Crippen MR) is 118 cm³/mol. The Labute approximate surface area is 179 Å². The number of nitrogens with zero attached hydrogens (tertiary/aromatic N) is 2. The van der Waals surface area contributed by atoms with Crippen LogP contribution in [-0.4, -0.2) is 28.2 Å². The van der Waals surface area contributed by atoms with Crippen LogP contribution in [0.3, 0.4) is 0 Å². The van der Waals surface area contributed by atoms with Crippen LogP contribution in [0.25, 0.3) is 5.52 Å². The molecule has 7 heteroatoms. The molecule has 0 bridgehead atoms. The number of esters is 1. The first-order valence-corrected chi connectivity index (χ1v) is 9.97. The summed E-state index contributed by atoms with van der Waals surface area (Å²) in [6.07, 6.45) is 3.14. The van der Waals surface area contributed by atoms with Crippen LogP contribution in [0.15, 0.2) is 85.2 Å². The molecule has 0 aliphatic heterocycles. The lowest BCUT2D eigenvalue weighted by Crippen LogP contribution is -2.33. The maximum atomic E-state index is 12.8. The van der Waals surface area contributed by atoms with Crippen molar-refractivity contribution in [3.05, 3.63) is 102 Å². The number of aromatic nitrogens is 2. The minimum atomic E-state index is -0.452. The summed E-state index contributed by atoms with van der Waals surface area (Å²) in [5, 5.41) is 10.0. The van der Waals surface area contributed by atoms with Gasteiger partial charge in [-0.05, 0) is 30.2 Å². The molecule has 2 N–H and O–H groups in total. The second-order valence-electron chi connectivity index (χ2n) is 6.88. The highest BCUT2D eigenvalue weighted by molar-refractivity contribution is 5.98. The number of ether oxygens (including phenoxy) is 1. The van der Waals surface area contributed by atoms with Gasteiger partial charge in [0.15, 0.2) is 0 Å². The Morgan fingerprint density at radius 1 is 1.00 bits per heavy atom. The standard InChI is InChI=1S/C24H22N4O3/c1-2-31-23(29)20-16-25-28-14-13-19(15-21(20)28)26-24(30)27-22(17-9-5-3-6-10-17)18-11-7-4-8-12-18/h3-16,22H,2H2,1H3,(H2,26,27,30). The van der Waals surface area contributed by atoms with Gasteiger partial charge in [0.05, 0.1) is 24.4 Å². The van der Waals surface area contributed by atoms with Gasteiger partial charge in [-0.2, -0.15) is 5.10 Å². The average molecular weight is 414 g/mol. The Morgan fingerprint density at radius 2 is 1.65 bits per heavy atom. The molecule has 0 saturated heterocycles. The number of rotatable bonds is 6. The summed E-state index contributed by atoms with van der Waals surface area (Å²) in [5.41, 5.74) is 3.38. The quantitative estimate of drug-likeness (QED) is 0.458. The lowest BCUT2D eigenvalue weighted by molar-refractivity contribution is 0.0528. The Morgan fingerprint density at radius 3 is 2.26 bits per heavy atom. The molecule has 7 nitrogen and oxygen atoms in total. The van der Waals surface area contributed by atoms with E-state index in [1.54, 1.807) is 29.8 Å². The SMILES string of the molecule is CCOC(=O)c1cnn2ccc(NC(=O)NC(c3ccccc3)c3ccccc3)cc12. The third-order valence-corrected chi connectivity index (χ3v) is 4.82. The third kappa shape index (κ3) is 4.56. The van der Waals surface area contributed by atoms with Crippen LogP contribution in [0.2, 0.25) is 0 Å². The van der Waals surface area contributed by atoms with Crippen LogP contribution in [0.4, 0.5) is 10.5 Å². The zero-order chi connectivity index (χ0) is 21.6. The van der Waals surface area contributed by atoms with E-state index in [0.717, 1.165) is 11.1 Å². The lowest BCUT2D eigenvalue weighted by atomic mass is 9.99. The van der Waals surface area contributed by atoms with Crippen molar-refractivity contribution in [3.8, 4) is 0 Å². The van der Waals surface area contributed by atoms with Crippen molar-refractivity contribution in [3.63, 3.8) is 0 Å². The summed E-state index contributed by atoms with van der Waals surface area (Å²) in [4.78, 5) is 25.0. The number of fused-ring (bicyclic) bond motifs is 1. The first-order valence-electron chi connectivity index (χ1n) is 9.97. The molecule has 0 saturated carbocycles. The lowest BCUT2D eigenvalue weighted by Gasteiger charge is -2.20. The molecule has 156 valence electrons. The van der Waals surface area contributed by atoms with E-state index in [0.29, 0.717) is 16.8 Å². The van der Waals surface area contributed by atoms with E-state index in [1.807, 2.05) is 60.7 Å². The average Bonchev–Trinajstić information content (AvgIpc) is 3.22. The fourth-order valence-electron chi connectivity index (χ4n) is 3.37. The number of amides is 2. The van der Waals surface area contributed by atoms with Crippen LogP contribution in [0.5, 0.6) is 0 Å². The Bertz CT molecular complexity index is 1150. The first-order chi connectivity index (χ1) is 15.2. The van der Waals surface area contributed by atoms with E-state index in [9.17, 15) is 9.59 Å². The molecule has 31 heavy (non-hydrogen) atoms. The largest absolute Gasteiger partial charge is 0.462 e. The van der Waals surface area contributed by atoms with E-state index in [-0.39, 0.29) is 18.7 Å². The number of carbonyl (C=O) groups excluding carboxylic acids is 2. The zero-order valence-electron chi connectivity index (χ0n) is 17.0. The normalized spacial score (nSPS) is 10.8. The van der Waals surface area contributed by atoms with Crippen molar-refractivity contribution < 1.29 is 14.3 Å². The molecule has 0 radical (unpaired) electrons. The van der Waals surface area contributed by atoms with Gasteiger partial charge >= 0.3 is 12.0 Å². The van der Waals surface area contributed by atoms with Gasteiger partial charge in [0.25, 0.3) is 0 Å². The maximum Gasteiger partial charge on any atom is 0.341 e. The van der Waals surface area contributed by atoms with Gasteiger partial charge < -0.3 is 15.4 Å². The molecule has 0 spiro atoms. The van der Waals surface area contributed by atoms with E-state index >= 15 is 0 Å². The summed E-state index contributed by atoms with van der Waals surface area (Å²) in [5.74, 6) is -0.452. The summed E-state index contributed by atoms with van der Waals surface area (Å²) in [7, 11) is 0. The van der Waals surface area contributed by atoms with Crippen molar-refractivity contribution in [2.75, 3.05) is 11.9 Å². The number of carbonyl (C=O) groups is 2. The van der Waals surface area contributed by atoms with Crippen molar-refractivity contribution >= 4 is 23.2 Å². The molecule has 4 aromatic rings. The number of nitrogens with one attached hydrogen (secondary N) is 2. The molecule has 0 fully saturated rings. The molecule has 4 rings (SSSR count). The first kappa shape index (κ1) is 20.2. The molecule has 2 amide bonds. The monoisotopic (exact) mass is 414 g/mol. The van der Waals surface area contributed by atoms with Crippen molar-refractivity contribution in [1.82, 2.24) is 14.9 Å². The second kappa shape index (κ2) is 9.13. The minimum Gasteiger partial charge on any atom is -0.462 e. The number of hydrogen-bond acceptors (Lipinski definition) is 4. The maximum absolute atomic E-state index is 12.8. The van der Waals surface area contributed by atoms with Gasteiger partial charge in [0, 0.05) is 11.9 Å². The van der Waals surface area contributed by atoms with E-state index in [2.05, 4.69) is 15.7 Å². The number of hydrogen-bond donors (Lipinski definition) is 2. The van der Waals surface area contributed by atoms with Gasteiger partial charge in [0.2, 0.25) is 0 Å². The number of anilines is 1. The number of benzene rings is 2. The van der Waals surface area contributed by atoms with Crippen molar-refractivity contribution in [1.29, 1.82) is 0 Å². The molecule has 2 heterocycles. The van der Waals surface area contributed by atoms with E-state index in [4.69, 9.17) is 4.74 Å². The van der Waals surface area contributed by atoms with Gasteiger partial charge in [-0.15, -0.1) is 0 Å². The molecule has 2 aromatic heterocycles. The highest BCUT2D eigenvalue weighted by atomic mass is 16.5. The summed E-state index contributed by atoms with van der Waals surface area (Å²) in [6, 6.07) is 22.3. The number of pyridine rings is 1. The molecule has 0 unspecified atom stereocenters. The smallest absolute Gasteiger partial charge is 0.341 e. The van der Waals surface area contributed by atoms with Crippen LogP contribution in [-0.2, 0) is 4.74 Å².